The minimum atomic E-state index is -0.392. The number of rotatable bonds is 2. The van der Waals surface area contributed by atoms with Gasteiger partial charge in [-0.15, -0.1) is 0 Å². The van der Waals surface area contributed by atoms with E-state index < -0.39 is 5.82 Å². The van der Waals surface area contributed by atoms with Crippen LogP contribution in [0.4, 0.5) is 4.39 Å². The van der Waals surface area contributed by atoms with E-state index in [4.69, 9.17) is 16.1 Å². The summed E-state index contributed by atoms with van der Waals surface area (Å²) in [5.41, 5.74) is 0.565. The zero-order chi connectivity index (χ0) is 15.1. The van der Waals surface area contributed by atoms with Gasteiger partial charge in [0.15, 0.2) is 0 Å². The van der Waals surface area contributed by atoms with Gasteiger partial charge in [-0.3, -0.25) is 0 Å². The summed E-state index contributed by atoms with van der Waals surface area (Å²) in [6.45, 7) is 0.884. The van der Waals surface area contributed by atoms with Crippen LogP contribution in [-0.2, 0) is 13.0 Å². The molecule has 0 radical (unpaired) electrons. The molecule has 0 saturated heterocycles. The van der Waals surface area contributed by atoms with E-state index in [1.807, 2.05) is 6.20 Å². The number of imidazole rings is 1. The molecular weight excluding hydrogens is 307 g/mol. The molecule has 0 N–H and O–H groups in total. The first kappa shape index (κ1) is 13.5. The highest BCUT2D eigenvalue weighted by Gasteiger charge is 2.26. The zero-order valence-electron chi connectivity index (χ0n) is 11.5. The van der Waals surface area contributed by atoms with Gasteiger partial charge in [0.2, 0.25) is 11.7 Å². The lowest BCUT2D eigenvalue weighted by atomic mass is 9.98. The predicted octanol–water partition coefficient (Wildman–Crippen LogP) is 3.46. The van der Waals surface area contributed by atoms with Gasteiger partial charge in [-0.1, -0.05) is 16.8 Å². The molecule has 0 amide bonds. The Morgan fingerprint density at radius 3 is 3.14 bits per heavy atom. The minimum absolute atomic E-state index is 0.148. The molecule has 0 saturated carbocycles. The molecule has 5 nitrogen and oxygen atoms in total. The van der Waals surface area contributed by atoms with Crippen LogP contribution in [0.1, 0.15) is 24.1 Å². The van der Waals surface area contributed by atoms with Crippen LogP contribution in [0, 0.1) is 5.82 Å². The average Bonchev–Trinajstić information content (AvgIpc) is 3.15. The molecule has 4 rings (SSSR count). The van der Waals surface area contributed by atoms with Crippen molar-refractivity contribution in [3.63, 3.8) is 0 Å². The van der Waals surface area contributed by atoms with Crippen molar-refractivity contribution >= 4 is 11.6 Å². The lowest BCUT2D eigenvalue weighted by Gasteiger charge is -2.19. The molecule has 1 aliphatic rings. The van der Waals surface area contributed by atoms with Crippen LogP contribution in [0.3, 0.4) is 0 Å². The number of hydrogen-bond acceptors (Lipinski definition) is 4. The summed E-state index contributed by atoms with van der Waals surface area (Å²) >= 11 is 6.04. The highest BCUT2D eigenvalue weighted by atomic mass is 35.5. The van der Waals surface area contributed by atoms with Crippen molar-refractivity contribution in [1.82, 2.24) is 19.7 Å². The maximum atomic E-state index is 13.1. The van der Waals surface area contributed by atoms with E-state index in [0.29, 0.717) is 17.3 Å². The lowest BCUT2D eigenvalue weighted by molar-refractivity contribution is 0.323. The summed E-state index contributed by atoms with van der Waals surface area (Å²) in [4.78, 5) is 8.76. The third-order valence-corrected chi connectivity index (χ3v) is 4.22. The SMILES string of the molecule is Fc1ccc(-c2noc([C@@H]3CCn4ccnc4C3)n2)c(Cl)c1. The van der Waals surface area contributed by atoms with E-state index in [0.717, 1.165) is 25.2 Å². The van der Waals surface area contributed by atoms with Crippen LogP contribution in [0.5, 0.6) is 0 Å². The summed E-state index contributed by atoms with van der Waals surface area (Å²) in [5, 5.41) is 4.25. The van der Waals surface area contributed by atoms with Crippen molar-refractivity contribution in [3.05, 3.63) is 53.1 Å². The van der Waals surface area contributed by atoms with Crippen LogP contribution >= 0.6 is 11.6 Å². The van der Waals surface area contributed by atoms with Gasteiger partial charge in [-0.2, -0.15) is 4.98 Å². The van der Waals surface area contributed by atoms with Crippen LogP contribution in [0.25, 0.3) is 11.4 Å². The van der Waals surface area contributed by atoms with Crippen molar-refractivity contribution in [2.24, 2.45) is 0 Å². The molecule has 0 bridgehead atoms. The Morgan fingerprint density at radius 1 is 1.36 bits per heavy atom. The number of halogens is 2. The van der Waals surface area contributed by atoms with Gasteiger partial charge < -0.3 is 9.09 Å². The first-order valence-corrected chi connectivity index (χ1v) is 7.37. The molecule has 3 heterocycles. The maximum absolute atomic E-state index is 13.1. The van der Waals surface area contributed by atoms with E-state index >= 15 is 0 Å². The summed E-state index contributed by atoms with van der Waals surface area (Å²) < 4.78 is 20.6. The second-order valence-electron chi connectivity index (χ2n) is 5.31. The van der Waals surface area contributed by atoms with Crippen molar-refractivity contribution in [2.75, 3.05) is 0 Å². The number of hydrogen-bond donors (Lipinski definition) is 0. The Kier molecular flexibility index (Phi) is 3.18. The van der Waals surface area contributed by atoms with E-state index in [-0.39, 0.29) is 10.9 Å². The Labute approximate surface area is 130 Å². The average molecular weight is 319 g/mol. The second kappa shape index (κ2) is 5.21. The third-order valence-electron chi connectivity index (χ3n) is 3.91. The van der Waals surface area contributed by atoms with E-state index in [9.17, 15) is 4.39 Å². The summed E-state index contributed by atoms with van der Waals surface area (Å²) in [7, 11) is 0. The molecular formula is C15H12ClFN4O. The van der Waals surface area contributed by atoms with Gasteiger partial charge >= 0.3 is 0 Å². The van der Waals surface area contributed by atoms with Gasteiger partial charge in [0.25, 0.3) is 0 Å². The van der Waals surface area contributed by atoms with Gasteiger partial charge in [0.05, 0.1) is 5.02 Å². The molecule has 0 fully saturated rings. The fourth-order valence-electron chi connectivity index (χ4n) is 2.74. The Bertz CT molecular complexity index is 829. The van der Waals surface area contributed by atoms with Crippen molar-refractivity contribution in [1.29, 1.82) is 0 Å². The number of nitrogens with zero attached hydrogens (tertiary/aromatic N) is 4. The quantitative estimate of drug-likeness (QED) is 0.726. The molecule has 3 aromatic rings. The molecule has 22 heavy (non-hydrogen) atoms. The van der Waals surface area contributed by atoms with Gasteiger partial charge in [-0.25, -0.2) is 9.37 Å². The molecule has 7 heteroatoms. The summed E-state index contributed by atoms with van der Waals surface area (Å²) in [6.07, 6.45) is 5.46. The summed E-state index contributed by atoms with van der Waals surface area (Å²) in [5.74, 6) is 1.74. The third kappa shape index (κ3) is 2.29. The highest BCUT2D eigenvalue weighted by Crippen LogP contribution is 2.31. The van der Waals surface area contributed by atoms with Crippen LogP contribution in [0.2, 0.25) is 5.02 Å². The maximum Gasteiger partial charge on any atom is 0.230 e. The Balaban J connectivity index is 1.62. The predicted molar refractivity (Wildman–Crippen MR) is 78.0 cm³/mol. The molecule has 1 aliphatic heterocycles. The Morgan fingerprint density at radius 2 is 2.27 bits per heavy atom. The fourth-order valence-corrected chi connectivity index (χ4v) is 2.99. The largest absolute Gasteiger partial charge is 0.339 e. The second-order valence-corrected chi connectivity index (χ2v) is 5.71. The molecule has 1 atom stereocenters. The first-order valence-electron chi connectivity index (χ1n) is 7.00. The van der Waals surface area contributed by atoms with Crippen LogP contribution in [0.15, 0.2) is 35.1 Å². The first-order chi connectivity index (χ1) is 10.7. The standard InChI is InChI=1S/C15H12ClFN4O/c16-12-8-10(17)1-2-11(12)14-19-15(22-20-14)9-3-5-21-6-4-18-13(21)7-9/h1-2,4,6,8-9H,3,5,7H2/t9-/m1/s1. The molecule has 2 aromatic heterocycles. The Hall–Kier alpha value is -2.21. The number of fused-ring (bicyclic) bond motifs is 1. The molecule has 112 valence electrons. The summed E-state index contributed by atoms with van der Waals surface area (Å²) in [6, 6.07) is 4.12. The molecule has 1 aromatic carbocycles. The van der Waals surface area contributed by atoms with Gasteiger partial charge in [0.1, 0.15) is 11.6 Å². The number of aryl methyl sites for hydroxylation is 1. The minimum Gasteiger partial charge on any atom is -0.339 e. The van der Waals surface area contributed by atoms with E-state index in [2.05, 4.69) is 19.7 Å². The molecule has 0 spiro atoms. The fraction of sp³-hybridized carbons (Fsp3) is 0.267. The van der Waals surface area contributed by atoms with Crippen molar-refractivity contribution < 1.29 is 8.91 Å². The lowest BCUT2D eigenvalue weighted by Crippen LogP contribution is -2.18. The molecule has 0 aliphatic carbocycles. The topological polar surface area (TPSA) is 56.7 Å². The number of benzene rings is 1. The van der Waals surface area contributed by atoms with E-state index in [1.54, 1.807) is 12.3 Å². The van der Waals surface area contributed by atoms with Crippen LogP contribution in [-0.4, -0.2) is 19.7 Å². The van der Waals surface area contributed by atoms with Gasteiger partial charge in [0, 0.05) is 36.8 Å². The monoisotopic (exact) mass is 318 g/mol. The number of aromatic nitrogens is 4. The molecule has 0 unspecified atom stereocenters. The van der Waals surface area contributed by atoms with Crippen molar-refractivity contribution in [3.8, 4) is 11.4 Å². The zero-order valence-corrected chi connectivity index (χ0v) is 12.3. The normalized spacial score (nSPS) is 17.5. The van der Waals surface area contributed by atoms with E-state index in [1.165, 1.54) is 12.1 Å². The van der Waals surface area contributed by atoms with Crippen LogP contribution < -0.4 is 0 Å². The smallest absolute Gasteiger partial charge is 0.230 e. The van der Waals surface area contributed by atoms with Crippen molar-refractivity contribution in [2.45, 2.75) is 25.3 Å². The highest BCUT2D eigenvalue weighted by molar-refractivity contribution is 6.33. The van der Waals surface area contributed by atoms with Gasteiger partial charge in [-0.05, 0) is 24.6 Å².